The molecule has 1 saturated carbocycles. The molecule has 2 aromatic heterocycles. The van der Waals surface area contributed by atoms with Crippen molar-refractivity contribution in [2.75, 3.05) is 33.1 Å². The zero-order valence-corrected chi connectivity index (χ0v) is 36.4. The van der Waals surface area contributed by atoms with Gasteiger partial charge in [-0.25, -0.2) is 19.1 Å². The van der Waals surface area contributed by atoms with Crippen LogP contribution in [0.1, 0.15) is 64.6 Å². The average molecular weight is 850 g/mol. The van der Waals surface area contributed by atoms with E-state index >= 15 is 0 Å². The number of pyridine rings is 1. The van der Waals surface area contributed by atoms with E-state index in [-0.39, 0.29) is 25.3 Å². The summed E-state index contributed by atoms with van der Waals surface area (Å²) in [5, 5.41) is 9.38. The zero-order valence-electron chi connectivity index (χ0n) is 34.8. The summed E-state index contributed by atoms with van der Waals surface area (Å²) in [4.78, 5) is 54.2. The Morgan fingerprint density at radius 1 is 1.12 bits per heavy atom. The molecule has 2 fully saturated rings. The third kappa shape index (κ3) is 8.92. The molecule has 1 aliphatic carbocycles. The maximum atomic E-state index is 14.8. The molecule has 3 N–H and O–H groups in total. The minimum absolute atomic E-state index is 0.0177. The SMILES string of the molecule is C=CC1CC1(NC(=O)C1CC(Oc2cc(-c3nc(C(C)C)cs3)nc3c(C)c(OC)ccc23)CN1C(=O)C(Nc1cccc(F)c1)C(C)(C)C)C(=O)NS(=O)(=O)N(C)C. The zero-order chi connectivity index (χ0) is 43.2. The van der Waals surface area contributed by atoms with Gasteiger partial charge in [0.05, 0.1) is 24.9 Å². The molecule has 2 aliphatic rings. The van der Waals surface area contributed by atoms with Crippen molar-refractivity contribution in [1.82, 2.24) is 29.2 Å². The third-order valence-electron chi connectivity index (χ3n) is 10.8. The number of carbonyl (C=O) groups excluding carboxylic acids is 3. The number of thiazole rings is 1. The predicted molar refractivity (Wildman–Crippen MR) is 226 cm³/mol. The van der Waals surface area contributed by atoms with Crippen molar-refractivity contribution in [3.63, 3.8) is 0 Å². The first-order valence-electron chi connectivity index (χ1n) is 19.3. The van der Waals surface area contributed by atoms with Gasteiger partial charge in [0.1, 0.15) is 51.7 Å². The highest BCUT2D eigenvalue weighted by Gasteiger charge is 2.61. The lowest BCUT2D eigenvalue weighted by atomic mass is 9.85. The highest BCUT2D eigenvalue weighted by Crippen LogP contribution is 2.45. The number of hydrogen-bond donors (Lipinski definition) is 3. The number of likely N-dealkylation sites (tertiary alicyclic amines) is 1. The first-order chi connectivity index (χ1) is 27.7. The number of hydrogen-bond acceptors (Lipinski definition) is 11. The van der Waals surface area contributed by atoms with Gasteiger partial charge < -0.3 is 25.0 Å². The summed E-state index contributed by atoms with van der Waals surface area (Å²) in [6.07, 6.45) is 0.873. The molecule has 59 heavy (non-hydrogen) atoms. The van der Waals surface area contributed by atoms with Crippen LogP contribution in [0, 0.1) is 24.1 Å². The Bertz CT molecular complexity index is 2400. The number of anilines is 1. The van der Waals surface area contributed by atoms with Crippen LogP contribution in [0.3, 0.4) is 0 Å². The molecule has 3 amide bonds. The second-order valence-corrected chi connectivity index (χ2v) is 19.4. The molecule has 0 radical (unpaired) electrons. The van der Waals surface area contributed by atoms with Crippen LogP contribution in [-0.4, -0.2) is 96.8 Å². The van der Waals surface area contributed by atoms with Crippen LogP contribution in [0.2, 0.25) is 0 Å². The summed E-state index contributed by atoms with van der Waals surface area (Å²) in [5.41, 5.74) is 0.957. The average Bonchev–Trinajstić information content (AvgIpc) is 3.45. The number of rotatable bonds is 14. The van der Waals surface area contributed by atoms with E-state index in [9.17, 15) is 27.2 Å². The molecular formula is C42H52FN7O7S2. The van der Waals surface area contributed by atoms with Crippen molar-refractivity contribution in [2.45, 2.75) is 84.0 Å². The Balaban J connectivity index is 1.39. The molecule has 2 aromatic carbocycles. The van der Waals surface area contributed by atoms with Gasteiger partial charge in [-0.1, -0.05) is 46.8 Å². The fourth-order valence-electron chi connectivity index (χ4n) is 7.23. The van der Waals surface area contributed by atoms with E-state index in [1.54, 1.807) is 13.2 Å². The standard InChI is InChI=1S/C42H52FN7O7S2/c1-11-25-20-42(25,40(53)48-59(54,55)49(8)9)47-37(51)32-18-28(21-50(32)39(52)36(41(5,6)7)44-27-14-12-13-26(43)17-27)57-34-19-30(38-46-31(22-58-38)23(2)3)45-35-24(4)33(56-10)16-15-29(34)35/h11-17,19,22-23,25,28,32,36,44H,1,18,20-21H2,2-10H3,(H,47,51)(H,48,53). The Labute approximate surface area is 348 Å². The molecule has 5 atom stereocenters. The van der Waals surface area contributed by atoms with Crippen LogP contribution in [0.4, 0.5) is 10.1 Å². The smallest absolute Gasteiger partial charge is 0.303 e. The van der Waals surface area contributed by atoms with Crippen LogP contribution in [0.5, 0.6) is 11.5 Å². The Morgan fingerprint density at radius 2 is 1.85 bits per heavy atom. The molecule has 1 saturated heterocycles. The molecule has 17 heteroatoms. The topological polar surface area (TPSA) is 172 Å². The minimum Gasteiger partial charge on any atom is -0.496 e. The lowest BCUT2D eigenvalue weighted by Gasteiger charge is -2.36. The molecule has 14 nitrogen and oxygen atoms in total. The molecular weight excluding hydrogens is 798 g/mol. The quantitative estimate of drug-likeness (QED) is 0.132. The fourth-order valence-corrected chi connectivity index (χ4v) is 8.77. The van der Waals surface area contributed by atoms with E-state index < -0.39 is 68.8 Å². The van der Waals surface area contributed by atoms with Gasteiger partial charge in [0.25, 0.3) is 5.91 Å². The monoisotopic (exact) mass is 849 g/mol. The Morgan fingerprint density at radius 3 is 2.44 bits per heavy atom. The molecule has 316 valence electrons. The van der Waals surface area contributed by atoms with E-state index in [1.807, 2.05) is 51.3 Å². The van der Waals surface area contributed by atoms with Crippen LogP contribution in [-0.2, 0) is 24.6 Å². The van der Waals surface area contributed by atoms with E-state index in [2.05, 4.69) is 35.8 Å². The number of methoxy groups -OCH3 is 1. The third-order valence-corrected chi connectivity index (χ3v) is 13.1. The minimum atomic E-state index is -4.20. The number of amides is 3. The Hall–Kier alpha value is -5.13. The summed E-state index contributed by atoms with van der Waals surface area (Å²) in [6.45, 7) is 15.4. The number of nitrogens with one attached hydrogen (secondary N) is 3. The first-order valence-corrected chi connectivity index (χ1v) is 21.6. The van der Waals surface area contributed by atoms with Gasteiger partial charge in [-0.15, -0.1) is 17.9 Å². The summed E-state index contributed by atoms with van der Waals surface area (Å²) in [6, 6.07) is 9.16. The van der Waals surface area contributed by atoms with E-state index in [4.69, 9.17) is 19.4 Å². The van der Waals surface area contributed by atoms with Gasteiger partial charge in [-0.3, -0.25) is 14.4 Å². The first kappa shape index (κ1) is 43.4. The van der Waals surface area contributed by atoms with Crippen molar-refractivity contribution in [2.24, 2.45) is 11.3 Å². The lowest BCUT2D eigenvalue weighted by Crippen LogP contribution is -2.59. The van der Waals surface area contributed by atoms with Gasteiger partial charge in [0, 0.05) is 54.5 Å². The summed E-state index contributed by atoms with van der Waals surface area (Å²) in [7, 11) is -0.0601. The van der Waals surface area contributed by atoms with E-state index in [0.29, 0.717) is 38.8 Å². The van der Waals surface area contributed by atoms with E-state index in [1.165, 1.54) is 54.6 Å². The maximum absolute atomic E-state index is 14.8. The van der Waals surface area contributed by atoms with Gasteiger partial charge >= 0.3 is 10.2 Å². The second kappa shape index (κ2) is 16.5. The largest absolute Gasteiger partial charge is 0.496 e. The molecule has 4 aromatic rings. The van der Waals surface area contributed by atoms with Crippen molar-refractivity contribution < 1.29 is 36.7 Å². The number of benzene rings is 2. The molecule has 1 aliphatic heterocycles. The van der Waals surface area contributed by atoms with Crippen molar-refractivity contribution >= 4 is 55.9 Å². The molecule has 5 unspecified atom stereocenters. The summed E-state index contributed by atoms with van der Waals surface area (Å²) < 4.78 is 55.0. The fraction of sp³-hybridized carbons (Fsp3) is 0.452. The lowest BCUT2D eigenvalue weighted by molar-refractivity contribution is -0.141. The van der Waals surface area contributed by atoms with Crippen molar-refractivity contribution in [1.29, 1.82) is 0 Å². The van der Waals surface area contributed by atoms with Crippen molar-refractivity contribution in [3.8, 4) is 22.2 Å². The number of nitrogens with zero attached hydrogens (tertiary/aromatic N) is 4. The van der Waals surface area contributed by atoms with Gasteiger partial charge in [0.2, 0.25) is 11.8 Å². The number of ether oxygens (including phenoxy) is 2. The molecule has 3 heterocycles. The van der Waals surface area contributed by atoms with Gasteiger partial charge in [-0.2, -0.15) is 12.7 Å². The van der Waals surface area contributed by atoms with E-state index in [0.717, 1.165) is 15.6 Å². The highest BCUT2D eigenvalue weighted by atomic mass is 32.2. The maximum Gasteiger partial charge on any atom is 0.303 e. The second-order valence-electron chi connectivity index (χ2n) is 16.7. The van der Waals surface area contributed by atoms with Gasteiger partial charge in [-0.05, 0) is 55.0 Å². The number of fused-ring (bicyclic) bond motifs is 1. The molecule has 6 rings (SSSR count). The van der Waals surface area contributed by atoms with Crippen molar-refractivity contribution in [3.05, 3.63) is 77.6 Å². The number of aromatic nitrogens is 2. The predicted octanol–water partition coefficient (Wildman–Crippen LogP) is 5.80. The molecule has 0 bridgehead atoms. The van der Waals surface area contributed by atoms with Gasteiger partial charge in [0.15, 0.2) is 0 Å². The van der Waals surface area contributed by atoms with Crippen LogP contribution in [0.25, 0.3) is 21.6 Å². The Kier molecular flexibility index (Phi) is 12.1. The number of carbonyl (C=O) groups is 3. The summed E-state index contributed by atoms with van der Waals surface area (Å²) in [5.74, 6) is -1.80. The number of halogens is 1. The molecule has 0 spiro atoms. The highest BCUT2D eigenvalue weighted by molar-refractivity contribution is 7.87. The van der Waals surface area contributed by atoms with Crippen LogP contribution < -0.4 is 24.8 Å². The van der Waals surface area contributed by atoms with Crippen LogP contribution in [0.15, 0.2) is 60.5 Å². The number of aryl methyl sites for hydroxylation is 1. The summed E-state index contributed by atoms with van der Waals surface area (Å²) >= 11 is 1.47. The normalized spacial score (nSPS) is 21.0. The van der Waals surface area contributed by atoms with Crippen LogP contribution >= 0.6 is 11.3 Å².